The highest BCUT2D eigenvalue weighted by Crippen LogP contribution is 2.30. The van der Waals surface area contributed by atoms with Crippen molar-refractivity contribution in [3.63, 3.8) is 0 Å². The first-order chi connectivity index (χ1) is 14.6. The van der Waals surface area contributed by atoms with Gasteiger partial charge in [-0.2, -0.15) is 13.2 Å². The summed E-state index contributed by atoms with van der Waals surface area (Å²) in [4.78, 5) is 49.6. The van der Waals surface area contributed by atoms with Crippen molar-refractivity contribution in [3.8, 4) is 0 Å². The number of nitrogens with one attached hydrogen (secondary N) is 1. The highest BCUT2D eigenvalue weighted by molar-refractivity contribution is 6.22. The summed E-state index contributed by atoms with van der Waals surface area (Å²) in [7, 11) is 0. The van der Waals surface area contributed by atoms with Crippen molar-refractivity contribution in [3.05, 3.63) is 77.4 Å². The van der Waals surface area contributed by atoms with Crippen LogP contribution < -0.4 is 5.32 Å². The molecule has 0 saturated heterocycles. The zero-order valence-corrected chi connectivity index (χ0v) is 15.9. The summed E-state index contributed by atoms with van der Waals surface area (Å²) in [5, 5.41) is 2.20. The maximum atomic E-state index is 12.7. The molecule has 0 radical (unpaired) electrons. The van der Waals surface area contributed by atoms with E-state index in [4.69, 9.17) is 4.74 Å². The summed E-state index contributed by atoms with van der Waals surface area (Å²) in [5.74, 6) is -2.89. The Labute approximate surface area is 174 Å². The summed E-state index contributed by atoms with van der Waals surface area (Å²) in [6, 6.07) is 7.75. The van der Waals surface area contributed by atoms with Crippen LogP contribution in [0.4, 0.5) is 18.9 Å². The fraction of sp³-hybridized carbons (Fsp3) is 0.143. The lowest BCUT2D eigenvalue weighted by atomic mass is 10.1. The number of benzene rings is 2. The second-order valence-electron chi connectivity index (χ2n) is 6.47. The summed E-state index contributed by atoms with van der Waals surface area (Å²) in [6.45, 7) is 2.73. The third kappa shape index (κ3) is 4.63. The standard InChI is InChI=1S/C21H15F3N2O5/c1-2-8-26-18(28)15-7-6-12(9-16(15)19(26)29)20(30)31-11-17(27)25-14-5-3-4-13(10-14)21(22,23)24/h2-7,9-10H,1,8,11H2,(H,25,27). The molecule has 1 N–H and O–H groups in total. The van der Waals surface area contributed by atoms with E-state index >= 15 is 0 Å². The van der Waals surface area contributed by atoms with E-state index in [1.807, 2.05) is 0 Å². The maximum Gasteiger partial charge on any atom is 0.416 e. The Morgan fingerprint density at radius 3 is 2.45 bits per heavy atom. The lowest BCUT2D eigenvalue weighted by molar-refractivity contribution is -0.137. The molecule has 10 heteroatoms. The Bertz CT molecular complexity index is 1090. The van der Waals surface area contributed by atoms with E-state index in [0.717, 1.165) is 23.1 Å². The topological polar surface area (TPSA) is 92.8 Å². The van der Waals surface area contributed by atoms with Crippen LogP contribution in [-0.2, 0) is 15.7 Å². The van der Waals surface area contributed by atoms with Gasteiger partial charge in [0.2, 0.25) is 0 Å². The van der Waals surface area contributed by atoms with Crippen molar-refractivity contribution in [2.75, 3.05) is 18.5 Å². The number of fused-ring (bicyclic) bond motifs is 1. The third-order valence-electron chi connectivity index (χ3n) is 4.33. The number of alkyl halides is 3. The van der Waals surface area contributed by atoms with Gasteiger partial charge in [0.15, 0.2) is 6.61 Å². The molecule has 31 heavy (non-hydrogen) atoms. The summed E-state index contributed by atoms with van der Waals surface area (Å²) < 4.78 is 43.0. The molecule has 3 amide bonds. The van der Waals surface area contributed by atoms with Gasteiger partial charge in [-0.1, -0.05) is 12.1 Å². The fourth-order valence-corrected chi connectivity index (χ4v) is 2.90. The van der Waals surface area contributed by atoms with Gasteiger partial charge in [0.05, 0.1) is 22.3 Å². The van der Waals surface area contributed by atoms with Crippen LogP contribution in [0.2, 0.25) is 0 Å². The van der Waals surface area contributed by atoms with E-state index in [1.54, 1.807) is 0 Å². The number of carbonyl (C=O) groups excluding carboxylic acids is 4. The van der Waals surface area contributed by atoms with Gasteiger partial charge in [-0.05, 0) is 36.4 Å². The number of carbonyl (C=O) groups is 4. The molecule has 0 saturated carbocycles. The second-order valence-corrected chi connectivity index (χ2v) is 6.47. The van der Waals surface area contributed by atoms with Crippen LogP contribution in [-0.4, -0.2) is 41.7 Å². The maximum absolute atomic E-state index is 12.7. The van der Waals surface area contributed by atoms with Crippen LogP contribution in [0.1, 0.15) is 36.6 Å². The molecule has 1 heterocycles. The number of hydrogen-bond acceptors (Lipinski definition) is 5. The summed E-state index contributed by atoms with van der Waals surface area (Å²) in [6.07, 6.45) is -3.18. The number of nitrogens with zero attached hydrogens (tertiary/aromatic N) is 1. The largest absolute Gasteiger partial charge is 0.452 e. The molecule has 0 bridgehead atoms. The Morgan fingerprint density at radius 2 is 1.77 bits per heavy atom. The number of ether oxygens (including phenoxy) is 1. The smallest absolute Gasteiger partial charge is 0.416 e. The third-order valence-corrected chi connectivity index (χ3v) is 4.33. The predicted molar refractivity (Wildman–Crippen MR) is 102 cm³/mol. The molecule has 0 aliphatic carbocycles. The number of halogens is 3. The minimum atomic E-state index is -4.57. The predicted octanol–water partition coefficient (Wildman–Crippen LogP) is 3.28. The Morgan fingerprint density at radius 1 is 1.06 bits per heavy atom. The van der Waals surface area contributed by atoms with Gasteiger partial charge in [-0.3, -0.25) is 19.3 Å². The number of amides is 3. The highest BCUT2D eigenvalue weighted by Gasteiger charge is 2.35. The lowest BCUT2D eigenvalue weighted by Crippen LogP contribution is -2.29. The van der Waals surface area contributed by atoms with E-state index in [1.165, 1.54) is 30.3 Å². The van der Waals surface area contributed by atoms with Gasteiger partial charge in [0, 0.05) is 12.2 Å². The molecule has 0 atom stereocenters. The lowest BCUT2D eigenvalue weighted by Gasteiger charge is -2.10. The second kappa shape index (κ2) is 8.42. The van der Waals surface area contributed by atoms with E-state index in [2.05, 4.69) is 11.9 Å². The zero-order valence-electron chi connectivity index (χ0n) is 15.9. The first-order valence-electron chi connectivity index (χ1n) is 8.87. The molecule has 1 aliphatic rings. The summed E-state index contributed by atoms with van der Waals surface area (Å²) >= 11 is 0. The molecule has 0 aromatic heterocycles. The van der Waals surface area contributed by atoms with E-state index in [0.29, 0.717) is 0 Å². The Kier molecular flexibility index (Phi) is 5.91. The highest BCUT2D eigenvalue weighted by atomic mass is 19.4. The normalized spacial score (nSPS) is 13.1. The minimum absolute atomic E-state index is 0.0157. The monoisotopic (exact) mass is 432 g/mol. The van der Waals surface area contributed by atoms with E-state index in [9.17, 15) is 32.3 Å². The van der Waals surface area contributed by atoms with Crippen LogP contribution in [0.3, 0.4) is 0 Å². The number of anilines is 1. The van der Waals surface area contributed by atoms with Gasteiger partial charge in [0.25, 0.3) is 17.7 Å². The number of rotatable bonds is 6. The van der Waals surface area contributed by atoms with Crippen molar-refractivity contribution in [2.24, 2.45) is 0 Å². The number of esters is 1. The molecule has 7 nitrogen and oxygen atoms in total. The Hall–Kier alpha value is -3.95. The van der Waals surface area contributed by atoms with Crippen molar-refractivity contribution in [1.82, 2.24) is 4.90 Å². The van der Waals surface area contributed by atoms with Crippen LogP contribution in [0.15, 0.2) is 55.1 Å². The summed E-state index contributed by atoms with van der Waals surface area (Å²) in [5.41, 5.74) is -0.961. The van der Waals surface area contributed by atoms with Gasteiger partial charge < -0.3 is 10.1 Å². The zero-order chi connectivity index (χ0) is 22.8. The molecular weight excluding hydrogens is 417 g/mol. The van der Waals surface area contributed by atoms with Gasteiger partial charge in [0.1, 0.15) is 0 Å². The number of imide groups is 1. The molecule has 3 rings (SSSR count). The minimum Gasteiger partial charge on any atom is -0.452 e. The number of hydrogen-bond donors (Lipinski definition) is 1. The molecule has 0 unspecified atom stereocenters. The van der Waals surface area contributed by atoms with Crippen molar-refractivity contribution >= 4 is 29.4 Å². The van der Waals surface area contributed by atoms with Gasteiger partial charge in [-0.15, -0.1) is 6.58 Å². The van der Waals surface area contributed by atoms with Crippen LogP contribution in [0.5, 0.6) is 0 Å². The first kappa shape index (κ1) is 21.8. The van der Waals surface area contributed by atoms with Crippen LogP contribution in [0.25, 0.3) is 0 Å². The van der Waals surface area contributed by atoms with E-state index in [-0.39, 0.29) is 28.9 Å². The molecule has 2 aromatic carbocycles. The van der Waals surface area contributed by atoms with Crippen molar-refractivity contribution < 1.29 is 37.1 Å². The fourth-order valence-electron chi connectivity index (χ4n) is 2.90. The molecule has 160 valence electrons. The van der Waals surface area contributed by atoms with Gasteiger partial charge >= 0.3 is 12.1 Å². The quantitative estimate of drug-likeness (QED) is 0.430. The van der Waals surface area contributed by atoms with Crippen molar-refractivity contribution in [2.45, 2.75) is 6.18 Å². The van der Waals surface area contributed by atoms with E-state index < -0.39 is 42.0 Å². The Balaban J connectivity index is 1.63. The SMILES string of the molecule is C=CCN1C(=O)c2ccc(C(=O)OCC(=O)Nc3cccc(C(F)(F)F)c3)cc2C1=O. The molecule has 2 aromatic rings. The van der Waals surface area contributed by atoms with Crippen LogP contribution in [0, 0.1) is 0 Å². The average Bonchev–Trinajstić information content (AvgIpc) is 2.96. The van der Waals surface area contributed by atoms with Crippen LogP contribution >= 0.6 is 0 Å². The van der Waals surface area contributed by atoms with Crippen molar-refractivity contribution in [1.29, 1.82) is 0 Å². The average molecular weight is 432 g/mol. The molecule has 1 aliphatic heterocycles. The molecular formula is C21H15F3N2O5. The van der Waals surface area contributed by atoms with Gasteiger partial charge in [-0.25, -0.2) is 4.79 Å². The first-order valence-corrected chi connectivity index (χ1v) is 8.87. The molecule has 0 spiro atoms. The molecule has 0 fully saturated rings.